The lowest BCUT2D eigenvalue weighted by molar-refractivity contribution is -0.123. The van der Waals surface area contributed by atoms with Crippen LogP contribution in [0.25, 0.3) is 11.0 Å². The molecule has 5 heteroatoms. The van der Waals surface area contributed by atoms with E-state index in [2.05, 4.69) is 29.8 Å². The quantitative estimate of drug-likeness (QED) is 0.631. The maximum Gasteiger partial charge on any atom is 0.258 e. The molecule has 3 rings (SSSR count). The monoisotopic (exact) mass is 379 g/mol. The number of nitrogens with one attached hydrogen (secondary N) is 1. The fourth-order valence-corrected chi connectivity index (χ4v) is 3.13. The Hall–Kier alpha value is -2.82. The van der Waals surface area contributed by atoms with Gasteiger partial charge >= 0.3 is 0 Å². The standard InChI is InChI=1S/C23H29N3O2/c1-16(2)11-12-26-20-8-6-5-7-19(20)25-22(26)14-24-23(27)15-28-21-13-17(3)9-10-18(21)4/h5-10,13,16H,11-12,14-15H2,1-4H3,(H,24,27). The average Bonchev–Trinajstić information content (AvgIpc) is 3.03. The van der Waals surface area contributed by atoms with Crippen LogP contribution < -0.4 is 10.1 Å². The van der Waals surface area contributed by atoms with Crippen LogP contribution in [-0.2, 0) is 17.9 Å². The first-order valence-electron chi connectivity index (χ1n) is 9.85. The van der Waals surface area contributed by atoms with Crippen LogP contribution in [0.1, 0.15) is 37.2 Å². The highest BCUT2D eigenvalue weighted by Gasteiger charge is 2.12. The largest absolute Gasteiger partial charge is 0.483 e. The first-order chi connectivity index (χ1) is 13.4. The Balaban J connectivity index is 1.64. The number of carbonyl (C=O) groups is 1. The lowest BCUT2D eigenvalue weighted by Gasteiger charge is -2.12. The molecule has 5 nitrogen and oxygen atoms in total. The highest BCUT2D eigenvalue weighted by atomic mass is 16.5. The summed E-state index contributed by atoms with van der Waals surface area (Å²) in [6, 6.07) is 14.1. The van der Waals surface area contributed by atoms with Crippen molar-refractivity contribution in [3.8, 4) is 5.75 Å². The molecule has 1 aromatic heterocycles. The summed E-state index contributed by atoms with van der Waals surface area (Å²) in [6.07, 6.45) is 1.07. The van der Waals surface area contributed by atoms with Gasteiger partial charge in [-0.05, 0) is 55.5 Å². The lowest BCUT2D eigenvalue weighted by Crippen LogP contribution is -2.29. The van der Waals surface area contributed by atoms with Crippen molar-refractivity contribution in [2.24, 2.45) is 5.92 Å². The number of aryl methyl sites for hydroxylation is 3. The third kappa shape index (κ3) is 4.91. The van der Waals surface area contributed by atoms with Gasteiger partial charge in [-0.15, -0.1) is 0 Å². The van der Waals surface area contributed by atoms with Crippen LogP contribution in [0.2, 0.25) is 0 Å². The number of nitrogens with zero attached hydrogens (tertiary/aromatic N) is 2. The van der Waals surface area contributed by atoms with Crippen LogP contribution in [-0.4, -0.2) is 22.1 Å². The molecule has 0 saturated carbocycles. The Labute approximate surface area is 166 Å². The summed E-state index contributed by atoms with van der Waals surface area (Å²) in [4.78, 5) is 17.0. The summed E-state index contributed by atoms with van der Waals surface area (Å²) < 4.78 is 7.91. The summed E-state index contributed by atoms with van der Waals surface area (Å²) in [5.41, 5.74) is 4.20. The van der Waals surface area contributed by atoms with Crippen molar-refractivity contribution in [1.82, 2.24) is 14.9 Å². The molecule has 3 aromatic rings. The van der Waals surface area contributed by atoms with E-state index >= 15 is 0 Å². The fourth-order valence-electron chi connectivity index (χ4n) is 3.13. The molecule has 0 bridgehead atoms. The summed E-state index contributed by atoms with van der Waals surface area (Å²) in [6.45, 7) is 9.69. The maximum absolute atomic E-state index is 12.3. The van der Waals surface area contributed by atoms with E-state index in [1.807, 2.05) is 50.2 Å². The van der Waals surface area contributed by atoms with Crippen molar-refractivity contribution in [2.45, 2.75) is 47.2 Å². The molecular weight excluding hydrogens is 350 g/mol. The van der Waals surface area contributed by atoms with Crippen LogP contribution in [0, 0.1) is 19.8 Å². The van der Waals surface area contributed by atoms with Crippen LogP contribution in [0.3, 0.4) is 0 Å². The van der Waals surface area contributed by atoms with E-state index in [0.717, 1.165) is 46.7 Å². The van der Waals surface area contributed by atoms with Gasteiger partial charge in [-0.2, -0.15) is 0 Å². The predicted octanol–water partition coefficient (Wildman–Crippen LogP) is 4.39. The zero-order valence-electron chi connectivity index (χ0n) is 17.2. The molecule has 148 valence electrons. The number of hydrogen-bond acceptors (Lipinski definition) is 3. The van der Waals surface area contributed by atoms with Gasteiger partial charge in [0.15, 0.2) is 6.61 Å². The minimum Gasteiger partial charge on any atom is -0.483 e. The van der Waals surface area contributed by atoms with Crippen LogP contribution >= 0.6 is 0 Å². The highest BCUT2D eigenvalue weighted by molar-refractivity contribution is 5.78. The van der Waals surface area contributed by atoms with E-state index < -0.39 is 0 Å². The lowest BCUT2D eigenvalue weighted by atomic mass is 10.1. The molecule has 0 aliphatic heterocycles. The summed E-state index contributed by atoms with van der Waals surface area (Å²) in [5, 5.41) is 2.95. The number of para-hydroxylation sites is 2. The minimum atomic E-state index is -0.150. The van der Waals surface area contributed by atoms with Gasteiger partial charge in [0, 0.05) is 6.54 Å². The average molecular weight is 380 g/mol. The number of ether oxygens (including phenoxy) is 1. The third-order valence-corrected chi connectivity index (χ3v) is 4.81. The molecule has 1 heterocycles. The molecule has 0 saturated heterocycles. The van der Waals surface area contributed by atoms with Gasteiger partial charge in [0.2, 0.25) is 0 Å². The molecule has 0 aliphatic rings. The minimum absolute atomic E-state index is 0.00346. The van der Waals surface area contributed by atoms with Gasteiger partial charge in [-0.3, -0.25) is 4.79 Å². The summed E-state index contributed by atoms with van der Waals surface area (Å²) >= 11 is 0. The van der Waals surface area contributed by atoms with E-state index in [1.54, 1.807) is 0 Å². The SMILES string of the molecule is Cc1ccc(C)c(OCC(=O)NCc2nc3ccccc3n2CCC(C)C)c1. The first kappa shape index (κ1) is 19.9. The molecule has 0 aliphatic carbocycles. The van der Waals surface area contributed by atoms with E-state index in [0.29, 0.717) is 12.5 Å². The third-order valence-electron chi connectivity index (χ3n) is 4.81. The highest BCUT2D eigenvalue weighted by Crippen LogP contribution is 2.19. The van der Waals surface area contributed by atoms with Gasteiger partial charge < -0.3 is 14.6 Å². The van der Waals surface area contributed by atoms with Gasteiger partial charge in [0.05, 0.1) is 17.6 Å². The second-order valence-electron chi connectivity index (χ2n) is 7.69. The zero-order chi connectivity index (χ0) is 20.1. The van der Waals surface area contributed by atoms with Crippen LogP contribution in [0.15, 0.2) is 42.5 Å². The Morgan fingerprint density at radius 2 is 1.96 bits per heavy atom. The number of benzene rings is 2. The normalized spacial score (nSPS) is 11.2. The van der Waals surface area contributed by atoms with Gasteiger partial charge in [-0.1, -0.05) is 38.1 Å². The Morgan fingerprint density at radius 3 is 2.75 bits per heavy atom. The van der Waals surface area contributed by atoms with Crippen molar-refractivity contribution in [1.29, 1.82) is 0 Å². The number of rotatable bonds is 8. The molecule has 0 unspecified atom stereocenters. The molecule has 0 spiro atoms. The van der Waals surface area contributed by atoms with Gasteiger partial charge in [0.1, 0.15) is 11.6 Å². The Kier molecular flexibility index (Phi) is 6.34. The van der Waals surface area contributed by atoms with Gasteiger partial charge in [0.25, 0.3) is 5.91 Å². The van der Waals surface area contributed by atoms with Crippen LogP contribution in [0.5, 0.6) is 5.75 Å². The van der Waals surface area contributed by atoms with Crippen molar-refractivity contribution in [3.63, 3.8) is 0 Å². The molecular formula is C23H29N3O2. The van der Waals surface area contributed by atoms with E-state index in [-0.39, 0.29) is 12.5 Å². The molecule has 1 N–H and O–H groups in total. The van der Waals surface area contributed by atoms with E-state index in [9.17, 15) is 4.79 Å². The smallest absolute Gasteiger partial charge is 0.258 e. The summed E-state index contributed by atoms with van der Waals surface area (Å²) in [5.74, 6) is 2.08. The number of hydrogen-bond donors (Lipinski definition) is 1. The predicted molar refractivity (Wildman–Crippen MR) is 112 cm³/mol. The molecule has 0 atom stereocenters. The number of imidazole rings is 1. The Bertz CT molecular complexity index is 960. The maximum atomic E-state index is 12.3. The van der Waals surface area contributed by atoms with E-state index in [4.69, 9.17) is 9.72 Å². The molecule has 0 fully saturated rings. The number of aromatic nitrogens is 2. The second kappa shape index (κ2) is 8.91. The topological polar surface area (TPSA) is 56.1 Å². The van der Waals surface area contributed by atoms with E-state index in [1.165, 1.54) is 0 Å². The van der Waals surface area contributed by atoms with Crippen LogP contribution in [0.4, 0.5) is 0 Å². The first-order valence-corrected chi connectivity index (χ1v) is 9.85. The number of carbonyl (C=O) groups excluding carboxylic acids is 1. The zero-order valence-corrected chi connectivity index (χ0v) is 17.2. The Morgan fingerprint density at radius 1 is 1.18 bits per heavy atom. The molecule has 28 heavy (non-hydrogen) atoms. The van der Waals surface area contributed by atoms with Crippen molar-refractivity contribution in [2.75, 3.05) is 6.61 Å². The summed E-state index contributed by atoms with van der Waals surface area (Å²) in [7, 11) is 0. The number of fused-ring (bicyclic) bond motifs is 1. The number of amides is 1. The van der Waals surface area contributed by atoms with Crippen molar-refractivity contribution < 1.29 is 9.53 Å². The molecule has 1 amide bonds. The molecule has 2 aromatic carbocycles. The second-order valence-corrected chi connectivity index (χ2v) is 7.69. The van der Waals surface area contributed by atoms with Crippen molar-refractivity contribution >= 4 is 16.9 Å². The fraction of sp³-hybridized carbons (Fsp3) is 0.391. The molecule has 0 radical (unpaired) electrons. The van der Waals surface area contributed by atoms with Crippen molar-refractivity contribution in [3.05, 3.63) is 59.4 Å². The van der Waals surface area contributed by atoms with Gasteiger partial charge in [-0.25, -0.2) is 4.98 Å².